The van der Waals surface area contributed by atoms with Crippen LogP contribution in [0, 0.1) is 0 Å². The number of hydrogen-bond acceptors (Lipinski definition) is 3. The Morgan fingerprint density at radius 3 is 2.74 bits per heavy atom. The highest BCUT2D eigenvalue weighted by atomic mass is 79.9. The van der Waals surface area contributed by atoms with E-state index in [4.69, 9.17) is 4.74 Å². The van der Waals surface area contributed by atoms with Crippen LogP contribution < -0.4 is 4.74 Å². The van der Waals surface area contributed by atoms with Gasteiger partial charge in [0.25, 0.3) is 0 Å². The van der Waals surface area contributed by atoms with Crippen molar-refractivity contribution in [1.29, 1.82) is 0 Å². The minimum Gasteiger partial charge on any atom is -0.455 e. The lowest BCUT2D eigenvalue weighted by atomic mass is 10.0. The van der Waals surface area contributed by atoms with E-state index in [1.807, 2.05) is 18.2 Å². The van der Waals surface area contributed by atoms with E-state index in [0.29, 0.717) is 17.2 Å². The van der Waals surface area contributed by atoms with Crippen LogP contribution in [-0.4, -0.2) is 11.3 Å². The van der Waals surface area contributed by atoms with E-state index in [1.54, 1.807) is 12.3 Å². The highest BCUT2D eigenvalue weighted by Gasteiger charge is 2.10. The van der Waals surface area contributed by atoms with Crippen molar-refractivity contribution in [2.24, 2.45) is 0 Å². The van der Waals surface area contributed by atoms with Gasteiger partial charge in [-0.25, -0.2) is 0 Å². The van der Waals surface area contributed by atoms with Crippen LogP contribution in [0.25, 0.3) is 0 Å². The second kappa shape index (κ2) is 5.97. The molecule has 0 atom stereocenters. The fourth-order valence-electron chi connectivity index (χ4n) is 1.75. The number of carbonyl (C=O) groups excluding carboxylic acids is 1. The van der Waals surface area contributed by atoms with Gasteiger partial charge in [-0.1, -0.05) is 29.8 Å². The number of pyridine rings is 1. The molecule has 0 amide bonds. The summed E-state index contributed by atoms with van der Waals surface area (Å²) in [6, 6.07) is 7.55. The fraction of sp³-hybridized carbons (Fsp3) is 0.200. The molecule has 0 N–H and O–H groups in total. The van der Waals surface area contributed by atoms with Crippen molar-refractivity contribution in [3.05, 3.63) is 52.3 Å². The monoisotopic (exact) mass is 319 g/mol. The van der Waals surface area contributed by atoms with Crippen LogP contribution >= 0.6 is 15.9 Å². The van der Waals surface area contributed by atoms with Crippen LogP contribution in [0.15, 0.2) is 41.1 Å². The lowest BCUT2D eigenvalue weighted by Gasteiger charge is -2.14. The van der Waals surface area contributed by atoms with E-state index < -0.39 is 0 Å². The van der Waals surface area contributed by atoms with Crippen molar-refractivity contribution < 1.29 is 9.53 Å². The molecule has 0 aliphatic heterocycles. The van der Waals surface area contributed by atoms with Gasteiger partial charge in [0.05, 0.1) is 6.20 Å². The van der Waals surface area contributed by atoms with E-state index in [9.17, 15) is 4.79 Å². The molecule has 0 spiro atoms. The number of aldehydes is 1. The molecule has 1 aromatic carbocycles. The maximum Gasteiger partial charge on any atom is 0.151 e. The lowest BCUT2D eigenvalue weighted by Crippen LogP contribution is -1.95. The van der Waals surface area contributed by atoms with Crippen LogP contribution in [0.4, 0.5) is 0 Å². The normalized spacial score (nSPS) is 10.5. The predicted octanol–water partition coefficient (Wildman–Crippen LogP) is 4.57. The summed E-state index contributed by atoms with van der Waals surface area (Å²) in [6.07, 6.45) is 3.86. The van der Waals surface area contributed by atoms with Gasteiger partial charge >= 0.3 is 0 Å². The van der Waals surface area contributed by atoms with E-state index in [1.165, 1.54) is 6.20 Å². The number of rotatable bonds is 4. The van der Waals surface area contributed by atoms with Gasteiger partial charge in [-0.2, -0.15) is 0 Å². The number of nitrogens with zero attached hydrogens (tertiary/aromatic N) is 1. The molecule has 4 heteroatoms. The van der Waals surface area contributed by atoms with Crippen LogP contribution in [0.1, 0.15) is 35.7 Å². The maximum atomic E-state index is 10.7. The molecule has 2 aromatic rings. The molecule has 0 aliphatic rings. The summed E-state index contributed by atoms with van der Waals surface area (Å²) in [6.45, 7) is 4.21. The third kappa shape index (κ3) is 3.41. The molecular weight excluding hydrogens is 306 g/mol. The minimum atomic E-state index is 0.342. The number of benzene rings is 1. The van der Waals surface area contributed by atoms with Gasteiger partial charge in [-0.15, -0.1) is 0 Å². The van der Waals surface area contributed by atoms with Gasteiger partial charge in [0, 0.05) is 16.2 Å². The Morgan fingerprint density at radius 1 is 1.26 bits per heavy atom. The van der Waals surface area contributed by atoms with Crippen molar-refractivity contribution in [2.75, 3.05) is 0 Å². The van der Waals surface area contributed by atoms with E-state index in [-0.39, 0.29) is 0 Å². The first-order valence-corrected chi connectivity index (χ1v) is 6.77. The van der Waals surface area contributed by atoms with E-state index in [2.05, 4.69) is 34.8 Å². The average molecular weight is 320 g/mol. The van der Waals surface area contributed by atoms with Gasteiger partial charge in [0.15, 0.2) is 6.29 Å². The zero-order valence-corrected chi connectivity index (χ0v) is 12.3. The Balaban J connectivity index is 2.34. The Kier molecular flexibility index (Phi) is 4.32. The summed E-state index contributed by atoms with van der Waals surface area (Å²) >= 11 is 3.46. The number of carbonyl (C=O) groups is 1. The fourth-order valence-corrected chi connectivity index (χ4v) is 2.13. The predicted molar refractivity (Wildman–Crippen MR) is 77.9 cm³/mol. The highest BCUT2D eigenvalue weighted by Crippen LogP contribution is 2.32. The van der Waals surface area contributed by atoms with Crippen LogP contribution in [0.2, 0.25) is 0 Å². The molecule has 0 fully saturated rings. The van der Waals surface area contributed by atoms with E-state index >= 15 is 0 Å². The minimum absolute atomic E-state index is 0.342. The van der Waals surface area contributed by atoms with Crippen molar-refractivity contribution >= 4 is 22.2 Å². The summed E-state index contributed by atoms with van der Waals surface area (Å²) in [5.74, 6) is 1.69. The Hall–Kier alpha value is -1.68. The Bertz CT molecular complexity index is 596. The average Bonchev–Trinajstić information content (AvgIpc) is 2.41. The molecule has 0 saturated heterocycles. The summed E-state index contributed by atoms with van der Waals surface area (Å²) in [5.41, 5.74) is 1.60. The maximum absolute atomic E-state index is 10.7. The summed E-state index contributed by atoms with van der Waals surface area (Å²) < 4.78 is 6.84. The summed E-state index contributed by atoms with van der Waals surface area (Å²) in [7, 11) is 0. The van der Waals surface area contributed by atoms with Crippen molar-refractivity contribution in [1.82, 2.24) is 4.98 Å². The lowest BCUT2D eigenvalue weighted by molar-refractivity contribution is 0.112. The van der Waals surface area contributed by atoms with Gasteiger partial charge < -0.3 is 4.74 Å². The molecule has 2 rings (SSSR count). The van der Waals surface area contributed by atoms with Crippen LogP contribution in [-0.2, 0) is 0 Å². The second-order valence-electron chi connectivity index (χ2n) is 4.51. The molecular formula is C15H14BrNO2. The smallest absolute Gasteiger partial charge is 0.151 e. The Morgan fingerprint density at radius 2 is 2.05 bits per heavy atom. The zero-order valence-electron chi connectivity index (χ0n) is 10.8. The Labute approximate surface area is 120 Å². The van der Waals surface area contributed by atoms with Gasteiger partial charge in [0.2, 0.25) is 0 Å². The number of hydrogen-bond donors (Lipinski definition) is 0. The standard InChI is InChI=1S/C15H14BrNO2/c1-10(2)14-6-12(16)3-4-15(14)19-13-5-11(9-18)7-17-8-13/h3-10H,1-2H3. The molecule has 1 heterocycles. The first-order chi connectivity index (χ1) is 9.10. The van der Waals surface area contributed by atoms with Crippen molar-refractivity contribution in [3.8, 4) is 11.5 Å². The second-order valence-corrected chi connectivity index (χ2v) is 5.43. The number of aromatic nitrogens is 1. The van der Waals surface area contributed by atoms with Crippen molar-refractivity contribution in [3.63, 3.8) is 0 Å². The summed E-state index contributed by atoms with van der Waals surface area (Å²) in [5, 5.41) is 0. The third-order valence-electron chi connectivity index (χ3n) is 2.69. The first kappa shape index (κ1) is 13.7. The molecule has 0 aliphatic carbocycles. The van der Waals surface area contributed by atoms with Crippen LogP contribution in [0.5, 0.6) is 11.5 Å². The quantitative estimate of drug-likeness (QED) is 0.775. The molecule has 3 nitrogen and oxygen atoms in total. The first-order valence-electron chi connectivity index (χ1n) is 5.97. The molecule has 0 unspecified atom stereocenters. The largest absolute Gasteiger partial charge is 0.455 e. The molecule has 19 heavy (non-hydrogen) atoms. The number of halogens is 1. The number of ether oxygens (including phenoxy) is 1. The molecule has 98 valence electrons. The van der Waals surface area contributed by atoms with Gasteiger partial charge in [-0.05, 0) is 35.7 Å². The highest BCUT2D eigenvalue weighted by molar-refractivity contribution is 9.10. The molecule has 0 saturated carbocycles. The zero-order chi connectivity index (χ0) is 13.8. The SMILES string of the molecule is CC(C)c1cc(Br)ccc1Oc1cncc(C=O)c1. The van der Waals surface area contributed by atoms with Crippen molar-refractivity contribution in [2.45, 2.75) is 19.8 Å². The molecule has 0 radical (unpaired) electrons. The van der Waals surface area contributed by atoms with Crippen LogP contribution in [0.3, 0.4) is 0 Å². The summed E-state index contributed by atoms with van der Waals surface area (Å²) in [4.78, 5) is 14.7. The molecule has 1 aromatic heterocycles. The van der Waals surface area contributed by atoms with Gasteiger partial charge in [0.1, 0.15) is 11.5 Å². The topological polar surface area (TPSA) is 39.2 Å². The van der Waals surface area contributed by atoms with E-state index in [0.717, 1.165) is 22.1 Å². The van der Waals surface area contributed by atoms with Gasteiger partial charge in [-0.3, -0.25) is 9.78 Å². The third-order valence-corrected chi connectivity index (χ3v) is 3.19. The molecule has 0 bridgehead atoms.